The molecule has 0 fully saturated rings. The van der Waals surface area contributed by atoms with E-state index in [0.29, 0.717) is 29.4 Å². The Kier molecular flexibility index (Phi) is 7.47. The summed E-state index contributed by atoms with van der Waals surface area (Å²) >= 11 is 0. The molecule has 1 amide bonds. The van der Waals surface area contributed by atoms with Gasteiger partial charge < -0.3 is 14.8 Å². The Balaban J connectivity index is 1.62. The minimum absolute atomic E-state index is 0.0292. The molecule has 0 saturated carbocycles. The Labute approximate surface area is 181 Å². The van der Waals surface area contributed by atoms with Crippen LogP contribution in [0.25, 0.3) is 6.08 Å². The van der Waals surface area contributed by atoms with Crippen LogP contribution >= 0.6 is 0 Å². The molecule has 0 heterocycles. The Morgan fingerprint density at radius 2 is 1.74 bits per heavy atom. The number of nitrogens with one attached hydrogen (secondary N) is 1. The predicted octanol–water partition coefficient (Wildman–Crippen LogP) is 4.82. The Bertz CT molecular complexity index is 1140. The minimum atomic E-state index is -0.504. The topological polar surface area (TPSA) is 71.3 Å². The average molecular weight is 408 g/mol. The highest BCUT2D eigenvalue weighted by Crippen LogP contribution is 2.19. The molecule has 0 radical (unpaired) electrons. The summed E-state index contributed by atoms with van der Waals surface area (Å²) in [6.45, 7) is 0.599. The number of hydrogen-bond acceptors (Lipinski definition) is 4. The number of anilines is 1. The van der Waals surface area contributed by atoms with Gasteiger partial charge in [0.2, 0.25) is 0 Å². The standard InChI is InChI=1S/C26H20N2O3/c1-2-15-30-25-10-6-9-21(17-25)16-22(18-27)26(29)28-23-11-13-24(14-12-23)31-19-20-7-4-3-5-8-20/h1,3-14,16-17H,15,19H2,(H,28,29)/b22-16-. The van der Waals surface area contributed by atoms with Crippen LogP contribution in [-0.2, 0) is 11.4 Å². The highest BCUT2D eigenvalue weighted by Gasteiger charge is 2.10. The molecule has 0 aliphatic rings. The van der Waals surface area contributed by atoms with E-state index in [2.05, 4.69) is 11.2 Å². The first-order chi connectivity index (χ1) is 15.2. The number of benzene rings is 3. The van der Waals surface area contributed by atoms with Gasteiger partial charge in [0.05, 0.1) is 0 Å². The molecule has 0 atom stereocenters. The number of ether oxygens (including phenoxy) is 2. The molecule has 0 aliphatic heterocycles. The molecular formula is C26H20N2O3. The zero-order valence-electron chi connectivity index (χ0n) is 16.7. The van der Waals surface area contributed by atoms with Crippen molar-refractivity contribution in [3.63, 3.8) is 0 Å². The van der Waals surface area contributed by atoms with Gasteiger partial charge in [-0.2, -0.15) is 5.26 Å². The van der Waals surface area contributed by atoms with Crippen LogP contribution in [0.4, 0.5) is 5.69 Å². The van der Waals surface area contributed by atoms with Gasteiger partial charge in [-0.3, -0.25) is 4.79 Å². The van der Waals surface area contributed by atoms with Crippen LogP contribution in [0.3, 0.4) is 0 Å². The van der Waals surface area contributed by atoms with E-state index in [4.69, 9.17) is 15.9 Å². The van der Waals surface area contributed by atoms with Gasteiger partial charge in [0.25, 0.3) is 5.91 Å². The summed E-state index contributed by atoms with van der Waals surface area (Å²) in [5.74, 6) is 3.13. The van der Waals surface area contributed by atoms with Crippen LogP contribution in [0.5, 0.6) is 11.5 Å². The third-order valence-corrected chi connectivity index (χ3v) is 4.22. The van der Waals surface area contributed by atoms with E-state index in [0.717, 1.165) is 5.56 Å². The molecule has 0 bridgehead atoms. The SMILES string of the molecule is C#CCOc1cccc(/C=C(/C#N)C(=O)Nc2ccc(OCc3ccccc3)cc2)c1. The fourth-order valence-corrected chi connectivity index (χ4v) is 2.71. The molecular weight excluding hydrogens is 388 g/mol. The second kappa shape index (κ2) is 10.9. The summed E-state index contributed by atoms with van der Waals surface area (Å²) in [6, 6.07) is 25.7. The van der Waals surface area contributed by atoms with E-state index >= 15 is 0 Å². The number of hydrogen-bond donors (Lipinski definition) is 1. The van der Waals surface area contributed by atoms with Gasteiger partial charge in [-0.15, -0.1) is 6.42 Å². The number of terminal acetylenes is 1. The second-order valence-electron chi connectivity index (χ2n) is 6.49. The van der Waals surface area contributed by atoms with Crippen LogP contribution in [0.1, 0.15) is 11.1 Å². The third-order valence-electron chi connectivity index (χ3n) is 4.22. The highest BCUT2D eigenvalue weighted by molar-refractivity contribution is 6.09. The van der Waals surface area contributed by atoms with Crippen molar-refractivity contribution in [2.45, 2.75) is 6.61 Å². The number of nitriles is 1. The van der Waals surface area contributed by atoms with Crippen molar-refractivity contribution >= 4 is 17.7 Å². The first-order valence-corrected chi connectivity index (χ1v) is 9.54. The molecule has 5 nitrogen and oxygen atoms in total. The normalized spacial score (nSPS) is 10.5. The maximum absolute atomic E-state index is 12.5. The van der Waals surface area contributed by atoms with Crippen LogP contribution in [0.2, 0.25) is 0 Å². The Morgan fingerprint density at radius 1 is 0.968 bits per heavy atom. The average Bonchev–Trinajstić information content (AvgIpc) is 2.81. The van der Waals surface area contributed by atoms with Gasteiger partial charge in [-0.05, 0) is 53.6 Å². The molecule has 3 aromatic carbocycles. The van der Waals surface area contributed by atoms with Gasteiger partial charge in [0.1, 0.15) is 36.4 Å². The number of carbonyl (C=O) groups excluding carboxylic acids is 1. The lowest BCUT2D eigenvalue weighted by Gasteiger charge is -2.08. The lowest BCUT2D eigenvalue weighted by atomic mass is 10.1. The van der Waals surface area contributed by atoms with Crippen molar-refractivity contribution in [1.29, 1.82) is 5.26 Å². The van der Waals surface area contributed by atoms with Crippen molar-refractivity contribution in [1.82, 2.24) is 0 Å². The van der Waals surface area contributed by atoms with Crippen molar-refractivity contribution in [3.8, 4) is 29.9 Å². The van der Waals surface area contributed by atoms with E-state index in [9.17, 15) is 10.1 Å². The molecule has 152 valence electrons. The fourth-order valence-electron chi connectivity index (χ4n) is 2.71. The van der Waals surface area contributed by atoms with E-state index in [-0.39, 0.29) is 12.2 Å². The lowest BCUT2D eigenvalue weighted by molar-refractivity contribution is -0.112. The zero-order chi connectivity index (χ0) is 21.9. The van der Waals surface area contributed by atoms with Crippen LogP contribution < -0.4 is 14.8 Å². The van der Waals surface area contributed by atoms with Gasteiger partial charge in [-0.1, -0.05) is 48.4 Å². The quantitative estimate of drug-likeness (QED) is 0.329. The summed E-state index contributed by atoms with van der Waals surface area (Å²) in [7, 11) is 0. The van der Waals surface area contributed by atoms with E-state index in [1.165, 1.54) is 6.08 Å². The maximum Gasteiger partial charge on any atom is 0.266 e. The maximum atomic E-state index is 12.5. The number of nitrogens with zero attached hydrogens (tertiary/aromatic N) is 1. The van der Waals surface area contributed by atoms with Crippen molar-refractivity contribution in [2.24, 2.45) is 0 Å². The van der Waals surface area contributed by atoms with E-state index < -0.39 is 5.91 Å². The third kappa shape index (κ3) is 6.52. The minimum Gasteiger partial charge on any atom is -0.489 e. The van der Waals surface area contributed by atoms with E-state index in [1.54, 1.807) is 48.5 Å². The monoisotopic (exact) mass is 408 g/mol. The Morgan fingerprint density at radius 3 is 2.45 bits per heavy atom. The number of carbonyl (C=O) groups is 1. The zero-order valence-corrected chi connectivity index (χ0v) is 16.7. The lowest BCUT2D eigenvalue weighted by Crippen LogP contribution is -2.13. The molecule has 0 spiro atoms. The molecule has 0 aromatic heterocycles. The van der Waals surface area contributed by atoms with Crippen LogP contribution in [0.15, 0.2) is 84.4 Å². The first kappa shape index (κ1) is 21.2. The number of rotatable bonds is 8. The van der Waals surface area contributed by atoms with Gasteiger partial charge in [0, 0.05) is 5.69 Å². The summed E-state index contributed by atoms with van der Waals surface area (Å²) in [6.07, 6.45) is 6.69. The highest BCUT2D eigenvalue weighted by atomic mass is 16.5. The largest absolute Gasteiger partial charge is 0.489 e. The van der Waals surface area contributed by atoms with Gasteiger partial charge in [0.15, 0.2) is 0 Å². The first-order valence-electron chi connectivity index (χ1n) is 9.54. The molecule has 0 unspecified atom stereocenters. The predicted molar refractivity (Wildman–Crippen MR) is 120 cm³/mol. The smallest absolute Gasteiger partial charge is 0.266 e. The fraction of sp³-hybridized carbons (Fsp3) is 0.0769. The van der Waals surface area contributed by atoms with Crippen molar-refractivity contribution in [3.05, 3.63) is 95.6 Å². The molecule has 3 aromatic rings. The molecule has 5 heteroatoms. The van der Waals surface area contributed by atoms with Crippen LogP contribution in [0, 0.1) is 23.7 Å². The van der Waals surface area contributed by atoms with Crippen molar-refractivity contribution < 1.29 is 14.3 Å². The van der Waals surface area contributed by atoms with Crippen LogP contribution in [-0.4, -0.2) is 12.5 Å². The number of amides is 1. The molecule has 0 aliphatic carbocycles. The summed E-state index contributed by atoms with van der Waals surface area (Å²) in [5, 5.41) is 12.1. The van der Waals surface area contributed by atoms with Gasteiger partial charge in [-0.25, -0.2) is 0 Å². The molecule has 3 rings (SSSR count). The molecule has 31 heavy (non-hydrogen) atoms. The summed E-state index contributed by atoms with van der Waals surface area (Å²) in [4.78, 5) is 12.5. The van der Waals surface area contributed by atoms with Gasteiger partial charge >= 0.3 is 0 Å². The van der Waals surface area contributed by atoms with Crippen molar-refractivity contribution in [2.75, 3.05) is 11.9 Å². The second-order valence-corrected chi connectivity index (χ2v) is 6.49. The molecule has 0 saturated heterocycles. The summed E-state index contributed by atoms with van der Waals surface area (Å²) < 4.78 is 11.1. The molecule has 1 N–H and O–H groups in total. The summed E-state index contributed by atoms with van der Waals surface area (Å²) in [5.41, 5.74) is 2.26. The van der Waals surface area contributed by atoms with E-state index in [1.807, 2.05) is 36.4 Å². The Hall–Kier alpha value is -4.48.